The van der Waals surface area contributed by atoms with E-state index in [1.807, 2.05) is 13.0 Å². The molecule has 0 saturated heterocycles. The number of pyridine rings is 1. The molecule has 2 amide bonds. The normalized spacial score (nSPS) is 11.3. The molecule has 0 radical (unpaired) electrons. The molecule has 0 unspecified atom stereocenters. The van der Waals surface area contributed by atoms with Crippen LogP contribution in [-0.2, 0) is 11.3 Å². The predicted octanol–water partition coefficient (Wildman–Crippen LogP) is 4.81. The van der Waals surface area contributed by atoms with Crippen molar-refractivity contribution in [3.63, 3.8) is 0 Å². The van der Waals surface area contributed by atoms with Crippen molar-refractivity contribution in [3.05, 3.63) is 55.7 Å². The first-order chi connectivity index (χ1) is 16.5. The third-order valence-corrected chi connectivity index (χ3v) is 7.22. The fourth-order valence-corrected chi connectivity index (χ4v) is 5.42. The number of nitrogens with zero attached hydrogens (tertiary/aromatic N) is 4. The van der Waals surface area contributed by atoms with Gasteiger partial charge in [0.2, 0.25) is 5.91 Å². The molecular weight excluding hydrogens is 502 g/mol. The number of halogens is 2. The fraction of sp³-hybridized carbons (Fsp3) is 0.238. The molecule has 0 bridgehead atoms. The van der Waals surface area contributed by atoms with E-state index in [9.17, 15) is 28.5 Å². The summed E-state index contributed by atoms with van der Waals surface area (Å²) < 4.78 is 28.4. The number of nitro groups is 1. The Hall–Kier alpha value is -3.78. The number of primary amides is 1. The van der Waals surface area contributed by atoms with E-state index in [0.29, 0.717) is 15.8 Å². The van der Waals surface area contributed by atoms with Crippen LogP contribution in [0.5, 0.6) is 0 Å². The molecule has 4 rings (SSSR count). The summed E-state index contributed by atoms with van der Waals surface area (Å²) in [4.78, 5) is 41.1. The Balaban J connectivity index is 1.72. The molecule has 0 aromatic carbocycles. The average Bonchev–Trinajstić information content (AvgIpc) is 3.48. The van der Waals surface area contributed by atoms with Crippen molar-refractivity contribution in [2.45, 2.75) is 33.2 Å². The summed E-state index contributed by atoms with van der Waals surface area (Å²) >= 11 is 2.19. The van der Waals surface area contributed by atoms with E-state index in [2.05, 4.69) is 15.4 Å². The van der Waals surface area contributed by atoms with Gasteiger partial charge in [-0.2, -0.15) is 5.10 Å². The highest BCUT2D eigenvalue weighted by Gasteiger charge is 2.25. The Bertz CT molecular complexity index is 1480. The third kappa shape index (κ3) is 4.88. The first-order valence-electron chi connectivity index (χ1n) is 10.2. The molecule has 14 heteroatoms. The summed E-state index contributed by atoms with van der Waals surface area (Å²) in [5, 5.41) is 18.0. The average molecular weight is 521 g/mol. The van der Waals surface area contributed by atoms with Gasteiger partial charge in [-0.25, -0.2) is 13.8 Å². The van der Waals surface area contributed by atoms with Gasteiger partial charge in [0, 0.05) is 33.7 Å². The molecule has 0 aliphatic heterocycles. The zero-order valence-corrected chi connectivity index (χ0v) is 20.0. The van der Waals surface area contributed by atoms with Crippen LogP contribution in [0.1, 0.15) is 38.8 Å². The third-order valence-electron chi connectivity index (χ3n) is 5.08. The van der Waals surface area contributed by atoms with Crippen LogP contribution in [0.15, 0.2) is 24.4 Å². The van der Waals surface area contributed by atoms with Crippen molar-refractivity contribution < 1.29 is 23.3 Å². The molecule has 0 aliphatic carbocycles. The Morgan fingerprint density at radius 3 is 2.60 bits per heavy atom. The maximum Gasteiger partial charge on any atom is 0.309 e. The van der Waals surface area contributed by atoms with E-state index in [-0.39, 0.29) is 39.7 Å². The number of anilines is 1. The van der Waals surface area contributed by atoms with Crippen LogP contribution in [0.3, 0.4) is 0 Å². The number of amides is 2. The van der Waals surface area contributed by atoms with Gasteiger partial charge in [-0.1, -0.05) is 0 Å². The number of hydrogen-bond donors (Lipinski definition) is 2. The summed E-state index contributed by atoms with van der Waals surface area (Å²) in [6.07, 6.45) is -1.73. The highest BCUT2D eigenvalue weighted by molar-refractivity contribution is 7.21. The minimum absolute atomic E-state index is 0.0210. The Morgan fingerprint density at radius 1 is 1.29 bits per heavy atom. The van der Waals surface area contributed by atoms with Crippen LogP contribution in [0, 0.1) is 24.0 Å². The van der Waals surface area contributed by atoms with Crippen LogP contribution in [0.2, 0.25) is 0 Å². The van der Waals surface area contributed by atoms with Gasteiger partial charge in [0.1, 0.15) is 27.3 Å². The second-order valence-electron chi connectivity index (χ2n) is 7.57. The number of rotatable bonds is 8. The van der Waals surface area contributed by atoms with E-state index in [1.165, 1.54) is 35.2 Å². The lowest BCUT2D eigenvalue weighted by Gasteiger charge is -2.10. The second kappa shape index (κ2) is 9.46. The number of carbonyl (C=O) groups excluding carboxylic acids is 2. The molecule has 35 heavy (non-hydrogen) atoms. The van der Waals surface area contributed by atoms with Crippen LogP contribution in [0.25, 0.3) is 20.7 Å². The summed E-state index contributed by atoms with van der Waals surface area (Å²) in [5.74, 6) is -1.36. The van der Waals surface area contributed by atoms with E-state index in [0.717, 1.165) is 16.2 Å². The maximum atomic E-state index is 13.5. The van der Waals surface area contributed by atoms with E-state index < -0.39 is 28.9 Å². The minimum Gasteiger partial charge on any atom is -0.365 e. The van der Waals surface area contributed by atoms with Crippen LogP contribution in [-0.4, -0.2) is 31.5 Å². The van der Waals surface area contributed by atoms with Gasteiger partial charge >= 0.3 is 5.69 Å². The first-order valence-corrected chi connectivity index (χ1v) is 11.8. The van der Waals surface area contributed by atoms with E-state index in [1.54, 1.807) is 6.07 Å². The van der Waals surface area contributed by atoms with Crippen molar-refractivity contribution in [2.75, 3.05) is 5.32 Å². The first kappa shape index (κ1) is 24.3. The van der Waals surface area contributed by atoms with Crippen molar-refractivity contribution in [1.29, 1.82) is 0 Å². The van der Waals surface area contributed by atoms with Gasteiger partial charge < -0.3 is 11.1 Å². The highest BCUT2D eigenvalue weighted by Crippen LogP contribution is 2.44. The number of nitrogens with one attached hydrogen (secondary N) is 1. The number of hydrogen-bond acceptors (Lipinski definition) is 8. The van der Waals surface area contributed by atoms with Gasteiger partial charge in [0.15, 0.2) is 0 Å². The van der Waals surface area contributed by atoms with Gasteiger partial charge in [-0.3, -0.25) is 24.4 Å². The molecule has 4 aromatic heterocycles. The van der Waals surface area contributed by atoms with Crippen molar-refractivity contribution in [2.24, 2.45) is 5.73 Å². The molecule has 0 fully saturated rings. The van der Waals surface area contributed by atoms with E-state index in [4.69, 9.17) is 5.73 Å². The van der Waals surface area contributed by atoms with Crippen molar-refractivity contribution in [3.8, 4) is 10.4 Å². The van der Waals surface area contributed by atoms with Crippen LogP contribution >= 0.6 is 22.7 Å². The number of fused-ring (bicyclic) bond motifs is 1. The lowest BCUT2D eigenvalue weighted by Crippen LogP contribution is -2.18. The molecule has 0 aliphatic rings. The maximum absolute atomic E-state index is 13.5. The van der Waals surface area contributed by atoms with Crippen LogP contribution < -0.4 is 11.1 Å². The topological polar surface area (TPSA) is 146 Å². The van der Waals surface area contributed by atoms with Gasteiger partial charge in [-0.15, -0.1) is 22.7 Å². The van der Waals surface area contributed by atoms with Crippen LogP contribution in [0.4, 0.5) is 20.2 Å². The molecule has 0 saturated carbocycles. The second-order valence-corrected chi connectivity index (χ2v) is 9.86. The fourth-order valence-electron chi connectivity index (χ4n) is 3.51. The zero-order chi connectivity index (χ0) is 25.4. The number of aromatic nitrogens is 3. The molecule has 4 aromatic rings. The number of carbonyl (C=O) groups is 2. The number of nitrogens with two attached hydrogens (primary N) is 1. The van der Waals surface area contributed by atoms with Crippen molar-refractivity contribution >= 4 is 56.1 Å². The molecular formula is C21H18F2N6O4S2. The van der Waals surface area contributed by atoms with E-state index >= 15 is 0 Å². The predicted molar refractivity (Wildman–Crippen MR) is 128 cm³/mol. The van der Waals surface area contributed by atoms with Gasteiger partial charge in [0.05, 0.1) is 10.6 Å². The summed E-state index contributed by atoms with van der Waals surface area (Å²) in [5.41, 5.74) is 5.62. The SMILES string of the molecule is Cc1ccc(-c2cc(C(F)F)nc3sc(C(N)=O)c(NC(=O)CCn4cc([N+](=O)[O-])c(C)n4)c23)s1. The summed E-state index contributed by atoms with van der Waals surface area (Å²) in [6, 6.07) is 4.85. The number of aryl methyl sites for hydroxylation is 3. The molecule has 3 N–H and O–H groups in total. The Labute approximate surface area is 204 Å². The monoisotopic (exact) mass is 520 g/mol. The smallest absolute Gasteiger partial charge is 0.309 e. The number of thiophene rings is 2. The lowest BCUT2D eigenvalue weighted by atomic mass is 10.1. The van der Waals surface area contributed by atoms with Gasteiger partial charge in [0.25, 0.3) is 12.3 Å². The molecule has 0 spiro atoms. The number of alkyl halides is 2. The summed E-state index contributed by atoms with van der Waals surface area (Å²) in [6.45, 7) is 3.39. The summed E-state index contributed by atoms with van der Waals surface area (Å²) in [7, 11) is 0. The highest BCUT2D eigenvalue weighted by atomic mass is 32.1. The molecule has 182 valence electrons. The quantitative estimate of drug-likeness (QED) is 0.252. The Morgan fingerprint density at radius 2 is 2.03 bits per heavy atom. The molecule has 0 atom stereocenters. The minimum atomic E-state index is -2.84. The molecule has 10 nitrogen and oxygen atoms in total. The molecule has 4 heterocycles. The van der Waals surface area contributed by atoms with Crippen molar-refractivity contribution in [1.82, 2.24) is 14.8 Å². The standard InChI is InChI=1S/C21H18F2N6O4S2/c1-9-3-4-14(34-9)11-7-12(19(22)23)25-21-16(11)17(18(35-21)20(24)31)26-15(30)5-6-28-8-13(29(32)33)10(2)27-28/h3-4,7-8,19H,5-6H2,1-2H3,(H2,24,31)(H,26,30). The Kier molecular flexibility index (Phi) is 6.58. The lowest BCUT2D eigenvalue weighted by molar-refractivity contribution is -0.385. The zero-order valence-electron chi connectivity index (χ0n) is 18.4. The largest absolute Gasteiger partial charge is 0.365 e. The van der Waals surface area contributed by atoms with Gasteiger partial charge in [-0.05, 0) is 32.0 Å².